The molecule has 1 heterocycles. The van der Waals surface area contributed by atoms with Gasteiger partial charge in [-0.3, -0.25) is 0 Å². The molecule has 0 spiro atoms. The van der Waals surface area contributed by atoms with Crippen molar-refractivity contribution >= 4 is 28.6 Å². The van der Waals surface area contributed by atoms with Crippen molar-refractivity contribution in [3.05, 3.63) is 51.2 Å². The molecule has 4 heteroatoms. The molecule has 0 radical (unpaired) electrons. The van der Waals surface area contributed by atoms with Gasteiger partial charge in [-0.2, -0.15) is 0 Å². The zero-order chi connectivity index (χ0) is 13.8. The minimum absolute atomic E-state index is 0.405. The fraction of sp³-hybridized carbons (Fsp3) is 0.333. The van der Waals surface area contributed by atoms with Crippen molar-refractivity contribution in [1.82, 2.24) is 0 Å². The molecule has 102 valence electrons. The Morgan fingerprint density at radius 3 is 2.79 bits per heavy atom. The molecule has 2 rings (SSSR count). The van der Waals surface area contributed by atoms with Crippen molar-refractivity contribution in [3.8, 4) is 0 Å². The minimum atomic E-state index is 0.405. The third-order valence-corrected chi connectivity index (χ3v) is 4.52. The summed E-state index contributed by atoms with van der Waals surface area (Å²) >= 11 is 7.90. The number of rotatable bonds is 5. The van der Waals surface area contributed by atoms with Crippen LogP contribution in [0, 0.1) is 0 Å². The molecule has 1 atom stereocenters. The van der Waals surface area contributed by atoms with E-state index in [1.807, 2.05) is 18.2 Å². The van der Waals surface area contributed by atoms with Gasteiger partial charge in [-0.05, 0) is 36.1 Å². The lowest BCUT2D eigenvalue weighted by Crippen LogP contribution is -2.31. The monoisotopic (exact) mass is 294 g/mol. The number of likely N-dealkylation sites (N-methyl/N-ethyl adjacent to an activating group) is 1. The topological polar surface area (TPSA) is 29.3 Å². The van der Waals surface area contributed by atoms with Gasteiger partial charge in [-0.1, -0.05) is 23.7 Å². The highest BCUT2D eigenvalue weighted by atomic mass is 35.5. The van der Waals surface area contributed by atoms with E-state index < -0.39 is 0 Å². The molecule has 2 nitrogen and oxygen atoms in total. The summed E-state index contributed by atoms with van der Waals surface area (Å²) in [5, 5.41) is 2.87. The Hall–Kier alpha value is -1.03. The summed E-state index contributed by atoms with van der Waals surface area (Å²) in [6.07, 6.45) is 1.03. The van der Waals surface area contributed by atoms with Crippen molar-refractivity contribution in [2.75, 3.05) is 11.9 Å². The molecule has 2 N–H and O–H groups in total. The fourth-order valence-corrected chi connectivity index (χ4v) is 3.13. The van der Waals surface area contributed by atoms with E-state index in [1.165, 1.54) is 4.88 Å². The maximum absolute atomic E-state index is 6.10. The number of nitrogens with two attached hydrogens (primary N) is 1. The smallest absolute Gasteiger partial charge is 0.0426 e. The molecule has 1 unspecified atom stereocenters. The van der Waals surface area contributed by atoms with E-state index in [2.05, 4.69) is 36.4 Å². The molecule has 19 heavy (non-hydrogen) atoms. The molecule has 0 amide bonds. The summed E-state index contributed by atoms with van der Waals surface area (Å²) in [6.45, 7) is 2.75. The zero-order valence-electron chi connectivity index (χ0n) is 11.3. The van der Waals surface area contributed by atoms with E-state index in [1.54, 1.807) is 11.3 Å². The Morgan fingerprint density at radius 1 is 1.37 bits per heavy atom. The van der Waals surface area contributed by atoms with Crippen LogP contribution in [0.15, 0.2) is 35.7 Å². The van der Waals surface area contributed by atoms with Gasteiger partial charge < -0.3 is 10.6 Å². The lowest BCUT2D eigenvalue weighted by Gasteiger charge is -2.29. The van der Waals surface area contributed by atoms with E-state index in [0.717, 1.165) is 22.7 Å². The average Bonchev–Trinajstić information content (AvgIpc) is 2.90. The lowest BCUT2D eigenvalue weighted by molar-refractivity contribution is 0.685. The Bertz CT molecular complexity index is 525. The van der Waals surface area contributed by atoms with Crippen molar-refractivity contribution in [1.29, 1.82) is 0 Å². The number of anilines is 1. The van der Waals surface area contributed by atoms with Crippen LogP contribution in [0.4, 0.5) is 5.69 Å². The number of halogens is 1. The van der Waals surface area contributed by atoms with Crippen LogP contribution in [-0.4, -0.2) is 13.1 Å². The molecule has 1 aromatic heterocycles. The first kappa shape index (κ1) is 14.4. The second-order valence-electron chi connectivity index (χ2n) is 4.72. The quantitative estimate of drug-likeness (QED) is 0.905. The molecule has 2 aromatic rings. The first-order valence-corrected chi connectivity index (χ1v) is 7.61. The Kier molecular flexibility index (Phi) is 4.86. The number of nitrogens with zero attached hydrogens (tertiary/aromatic N) is 1. The SMILES string of the molecule is CC(Cc1cccs1)N(C)c1cc(Cl)ccc1CN. The summed E-state index contributed by atoms with van der Waals surface area (Å²) in [5.74, 6) is 0. The van der Waals surface area contributed by atoms with Gasteiger partial charge in [0.15, 0.2) is 0 Å². The second-order valence-corrected chi connectivity index (χ2v) is 6.19. The number of hydrogen-bond acceptors (Lipinski definition) is 3. The van der Waals surface area contributed by atoms with Crippen molar-refractivity contribution < 1.29 is 0 Å². The zero-order valence-corrected chi connectivity index (χ0v) is 12.8. The summed E-state index contributed by atoms with van der Waals surface area (Å²) in [6, 6.07) is 10.6. The van der Waals surface area contributed by atoms with E-state index in [9.17, 15) is 0 Å². The molecular formula is C15H19ClN2S. The van der Waals surface area contributed by atoms with Gasteiger partial charge in [0, 0.05) is 41.6 Å². The van der Waals surface area contributed by atoms with Crippen LogP contribution in [0.1, 0.15) is 17.4 Å². The largest absolute Gasteiger partial charge is 0.371 e. The Morgan fingerprint density at radius 2 is 2.16 bits per heavy atom. The van der Waals surface area contributed by atoms with Crippen LogP contribution in [-0.2, 0) is 13.0 Å². The first-order valence-electron chi connectivity index (χ1n) is 6.35. The highest BCUT2D eigenvalue weighted by Gasteiger charge is 2.14. The van der Waals surface area contributed by atoms with Crippen molar-refractivity contribution in [2.45, 2.75) is 25.9 Å². The van der Waals surface area contributed by atoms with Crippen molar-refractivity contribution in [3.63, 3.8) is 0 Å². The fourth-order valence-electron chi connectivity index (χ4n) is 2.13. The highest BCUT2D eigenvalue weighted by Crippen LogP contribution is 2.26. The summed E-state index contributed by atoms with van der Waals surface area (Å²) in [4.78, 5) is 3.66. The van der Waals surface area contributed by atoms with Gasteiger partial charge in [-0.25, -0.2) is 0 Å². The van der Waals surface area contributed by atoms with Crippen LogP contribution in [0.3, 0.4) is 0 Å². The average molecular weight is 295 g/mol. The molecule has 0 aliphatic rings. The third kappa shape index (κ3) is 3.50. The van der Waals surface area contributed by atoms with Gasteiger partial charge in [0.05, 0.1) is 0 Å². The molecule has 0 fully saturated rings. The van der Waals surface area contributed by atoms with E-state index in [-0.39, 0.29) is 0 Å². The van der Waals surface area contributed by atoms with Gasteiger partial charge in [0.1, 0.15) is 0 Å². The maximum atomic E-state index is 6.10. The van der Waals surface area contributed by atoms with Crippen LogP contribution in [0.5, 0.6) is 0 Å². The first-order chi connectivity index (χ1) is 9.11. The minimum Gasteiger partial charge on any atom is -0.371 e. The molecule has 0 bridgehead atoms. The van der Waals surface area contributed by atoms with Crippen LogP contribution < -0.4 is 10.6 Å². The summed E-state index contributed by atoms with van der Waals surface area (Å²) in [7, 11) is 2.10. The van der Waals surface area contributed by atoms with Crippen LogP contribution in [0.2, 0.25) is 5.02 Å². The van der Waals surface area contributed by atoms with Gasteiger partial charge in [0.2, 0.25) is 0 Å². The normalized spacial score (nSPS) is 12.4. The van der Waals surface area contributed by atoms with E-state index >= 15 is 0 Å². The van der Waals surface area contributed by atoms with Crippen LogP contribution >= 0.6 is 22.9 Å². The highest BCUT2D eigenvalue weighted by molar-refractivity contribution is 7.09. The summed E-state index contributed by atoms with van der Waals surface area (Å²) < 4.78 is 0. The third-order valence-electron chi connectivity index (χ3n) is 3.39. The molecular weight excluding hydrogens is 276 g/mol. The maximum Gasteiger partial charge on any atom is 0.0426 e. The van der Waals surface area contributed by atoms with E-state index in [0.29, 0.717) is 12.6 Å². The van der Waals surface area contributed by atoms with Crippen molar-refractivity contribution in [2.24, 2.45) is 5.73 Å². The molecule has 0 saturated heterocycles. The molecule has 0 aliphatic carbocycles. The predicted molar refractivity (Wildman–Crippen MR) is 85.2 cm³/mol. The Balaban J connectivity index is 2.18. The van der Waals surface area contributed by atoms with Gasteiger partial charge in [-0.15, -0.1) is 11.3 Å². The molecule has 1 aromatic carbocycles. The number of benzene rings is 1. The molecule has 0 saturated carbocycles. The standard InChI is InChI=1S/C15H19ClN2S/c1-11(8-14-4-3-7-19-14)18(2)15-9-13(16)6-5-12(15)10-17/h3-7,9,11H,8,10,17H2,1-2H3. The second kappa shape index (κ2) is 6.42. The van der Waals surface area contributed by atoms with Gasteiger partial charge >= 0.3 is 0 Å². The van der Waals surface area contributed by atoms with Gasteiger partial charge in [0.25, 0.3) is 0 Å². The number of hydrogen-bond donors (Lipinski definition) is 1. The lowest BCUT2D eigenvalue weighted by atomic mass is 10.1. The number of thiophene rings is 1. The predicted octanol–water partition coefficient (Wildman–Crippen LogP) is 3.93. The molecule has 0 aliphatic heterocycles. The summed E-state index contributed by atoms with van der Waals surface area (Å²) in [5.41, 5.74) is 8.06. The van der Waals surface area contributed by atoms with E-state index in [4.69, 9.17) is 17.3 Å². The Labute approximate surface area is 123 Å². The van der Waals surface area contributed by atoms with Crippen LogP contribution in [0.25, 0.3) is 0 Å².